The molecule has 0 bridgehead atoms. The van der Waals surface area contributed by atoms with E-state index in [2.05, 4.69) is 10.5 Å². The molecule has 0 spiro atoms. The van der Waals surface area contributed by atoms with Crippen LogP contribution < -0.4 is 22.8 Å². The van der Waals surface area contributed by atoms with E-state index in [0.717, 1.165) is 12.6 Å². The summed E-state index contributed by atoms with van der Waals surface area (Å²) in [5, 5.41) is 1.62. The SMILES string of the molecule is CCN(C)N.CONC(/N=C(\N)c1ccccc1C(F)(F)F)=C(\N)Cc1cccc(F)c1C. The van der Waals surface area contributed by atoms with Gasteiger partial charge >= 0.3 is 6.18 Å². The first kappa shape index (κ1) is 27.9. The number of hydrogen-bond donors (Lipinski definition) is 4. The highest BCUT2D eigenvalue weighted by Gasteiger charge is 2.33. The molecule has 0 saturated heterocycles. The molecule has 2 aromatic carbocycles. The average Bonchev–Trinajstić information content (AvgIpc) is 2.76. The van der Waals surface area contributed by atoms with Crippen LogP contribution in [0.2, 0.25) is 0 Å². The lowest BCUT2D eigenvalue weighted by Gasteiger charge is -2.14. The van der Waals surface area contributed by atoms with Crippen molar-refractivity contribution in [1.82, 2.24) is 10.5 Å². The zero-order valence-corrected chi connectivity index (χ0v) is 19.0. The Balaban J connectivity index is 0.000000981. The van der Waals surface area contributed by atoms with E-state index in [9.17, 15) is 17.6 Å². The third kappa shape index (κ3) is 8.72. The van der Waals surface area contributed by atoms with Gasteiger partial charge in [0.15, 0.2) is 5.82 Å². The Morgan fingerprint density at radius 1 is 1.12 bits per heavy atom. The van der Waals surface area contributed by atoms with Crippen LogP contribution in [0.1, 0.15) is 29.2 Å². The number of rotatable bonds is 7. The summed E-state index contributed by atoms with van der Waals surface area (Å²) in [7, 11) is 3.12. The number of nitrogens with one attached hydrogen (secondary N) is 1. The molecule has 0 heterocycles. The van der Waals surface area contributed by atoms with Gasteiger partial charge in [-0.15, -0.1) is 0 Å². The number of hydrogen-bond acceptors (Lipinski definition) is 6. The highest BCUT2D eigenvalue weighted by molar-refractivity contribution is 5.99. The Hall–Kier alpha value is -3.15. The van der Waals surface area contributed by atoms with Crippen molar-refractivity contribution in [3.63, 3.8) is 0 Å². The first-order valence-electron chi connectivity index (χ1n) is 9.90. The molecule has 7 N–H and O–H groups in total. The van der Waals surface area contributed by atoms with Crippen LogP contribution in [0.3, 0.4) is 0 Å². The summed E-state index contributed by atoms with van der Waals surface area (Å²) >= 11 is 0. The quantitative estimate of drug-likeness (QED) is 0.162. The predicted octanol–water partition coefficient (Wildman–Crippen LogP) is 3.19. The summed E-state index contributed by atoms with van der Waals surface area (Å²) in [6.45, 7) is 4.51. The third-order valence-corrected chi connectivity index (χ3v) is 4.50. The lowest BCUT2D eigenvalue weighted by molar-refractivity contribution is -0.137. The number of hydrazine groups is 1. The number of nitrogens with zero attached hydrogens (tertiary/aromatic N) is 2. The minimum absolute atomic E-state index is 0.0689. The molecule has 7 nitrogen and oxygen atoms in total. The maximum Gasteiger partial charge on any atom is 0.417 e. The fourth-order valence-electron chi connectivity index (χ4n) is 2.52. The third-order valence-electron chi connectivity index (χ3n) is 4.50. The van der Waals surface area contributed by atoms with Gasteiger partial charge in [0, 0.05) is 25.6 Å². The molecule has 0 radical (unpaired) electrons. The first-order chi connectivity index (χ1) is 15.4. The Kier molecular flexibility index (Phi) is 10.8. The molecular formula is C22H30F4N6O. The highest BCUT2D eigenvalue weighted by atomic mass is 19.4. The molecule has 33 heavy (non-hydrogen) atoms. The van der Waals surface area contributed by atoms with Crippen molar-refractivity contribution in [2.45, 2.75) is 26.4 Å². The minimum atomic E-state index is -4.60. The van der Waals surface area contributed by atoms with Gasteiger partial charge in [0.2, 0.25) is 0 Å². The van der Waals surface area contributed by atoms with Gasteiger partial charge < -0.3 is 11.5 Å². The maximum absolute atomic E-state index is 13.7. The van der Waals surface area contributed by atoms with Crippen LogP contribution in [0.5, 0.6) is 0 Å². The topological polar surface area (TPSA) is 115 Å². The van der Waals surface area contributed by atoms with Crippen LogP contribution in [-0.2, 0) is 17.4 Å². The molecule has 2 rings (SSSR count). The van der Waals surface area contributed by atoms with Crippen molar-refractivity contribution in [1.29, 1.82) is 0 Å². The highest BCUT2D eigenvalue weighted by Crippen LogP contribution is 2.31. The van der Waals surface area contributed by atoms with Crippen molar-refractivity contribution >= 4 is 5.84 Å². The number of allylic oxidation sites excluding steroid dienone is 1. The number of benzene rings is 2. The second-order valence-corrected chi connectivity index (χ2v) is 6.99. The van der Waals surface area contributed by atoms with Gasteiger partial charge in [0.25, 0.3) is 0 Å². The summed E-state index contributed by atoms with van der Waals surface area (Å²) in [6, 6.07) is 9.32. The summed E-state index contributed by atoms with van der Waals surface area (Å²) in [5.74, 6) is 4.26. The Morgan fingerprint density at radius 2 is 1.73 bits per heavy atom. The van der Waals surface area contributed by atoms with Crippen LogP contribution in [0.15, 0.2) is 59.0 Å². The van der Waals surface area contributed by atoms with Crippen LogP contribution in [0.25, 0.3) is 0 Å². The van der Waals surface area contributed by atoms with Gasteiger partial charge in [-0.25, -0.2) is 14.9 Å². The largest absolute Gasteiger partial charge is 0.417 e. The molecule has 0 saturated carbocycles. The van der Waals surface area contributed by atoms with Gasteiger partial charge in [-0.2, -0.15) is 13.2 Å². The number of amidine groups is 1. The van der Waals surface area contributed by atoms with E-state index in [1.807, 2.05) is 14.0 Å². The lowest BCUT2D eigenvalue weighted by atomic mass is 10.0. The van der Waals surface area contributed by atoms with E-state index in [0.29, 0.717) is 11.1 Å². The van der Waals surface area contributed by atoms with Gasteiger partial charge in [0.1, 0.15) is 11.7 Å². The second-order valence-electron chi connectivity index (χ2n) is 6.99. The molecular weight excluding hydrogens is 440 g/mol. The zero-order valence-electron chi connectivity index (χ0n) is 19.0. The lowest BCUT2D eigenvalue weighted by Crippen LogP contribution is -2.24. The normalized spacial score (nSPS) is 12.7. The van der Waals surface area contributed by atoms with Gasteiger partial charge in [-0.3, -0.25) is 15.7 Å². The fraction of sp³-hybridized carbons (Fsp3) is 0.318. The van der Waals surface area contributed by atoms with Gasteiger partial charge in [-0.1, -0.05) is 37.3 Å². The molecule has 11 heteroatoms. The Bertz CT molecular complexity index is 974. The summed E-state index contributed by atoms with van der Waals surface area (Å²) in [5.41, 5.74) is 14.2. The molecule has 0 aliphatic carbocycles. The van der Waals surface area contributed by atoms with Crippen LogP contribution in [-0.4, -0.2) is 31.5 Å². The molecule has 0 amide bonds. The van der Waals surface area contributed by atoms with Crippen LogP contribution in [0, 0.1) is 12.7 Å². The number of alkyl halides is 3. The van der Waals surface area contributed by atoms with Crippen molar-refractivity contribution in [2.24, 2.45) is 22.3 Å². The predicted molar refractivity (Wildman–Crippen MR) is 121 cm³/mol. The minimum Gasteiger partial charge on any atom is -0.399 e. The van der Waals surface area contributed by atoms with Gasteiger partial charge in [-0.05, 0) is 30.2 Å². The van der Waals surface area contributed by atoms with E-state index in [-0.39, 0.29) is 23.5 Å². The number of nitrogens with two attached hydrogens (primary N) is 3. The standard InChI is InChI=1S/C19H20F4N4O.C3H10N2/c1-11-12(6-5-9-15(11)20)10-16(24)18(27-28-2)26-17(25)13-7-3-4-8-14(13)19(21,22)23;1-3-5(2)4/h3-9,27H,10,24H2,1-2H3,(H2,25,26);3-4H2,1-2H3/b18-16-;. The van der Waals surface area contributed by atoms with E-state index in [4.69, 9.17) is 22.1 Å². The number of halogens is 4. The van der Waals surface area contributed by atoms with Gasteiger partial charge in [0.05, 0.1) is 18.4 Å². The van der Waals surface area contributed by atoms with Crippen LogP contribution in [0.4, 0.5) is 17.6 Å². The van der Waals surface area contributed by atoms with Crippen molar-refractivity contribution < 1.29 is 22.4 Å². The smallest absolute Gasteiger partial charge is 0.399 e. The fourth-order valence-corrected chi connectivity index (χ4v) is 2.52. The maximum atomic E-state index is 13.7. The molecule has 0 aliphatic heterocycles. The Morgan fingerprint density at radius 3 is 2.27 bits per heavy atom. The van der Waals surface area contributed by atoms with E-state index >= 15 is 0 Å². The van der Waals surface area contributed by atoms with Crippen molar-refractivity contribution in [3.8, 4) is 0 Å². The monoisotopic (exact) mass is 470 g/mol. The molecule has 0 unspecified atom stereocenters. The number of aliphatic imine (C=N–C) groups is 1. The van der Waals surface area contributed by atoms with E-state index in [1.165, 1.54) is 37.4 Å². The van der Waals surface area contributed by atoms with Crippen molar-refractivity contribution in [3.05, 3.63) is 82.1 Å². The van der Waals surface area contributed by atoms with Crippen molar-refractivity contribution in [2.75, 3.05) is 20.7 Å². The number of hydroxylamine groups is 1. The molecule has 182 valence electrons. The average molecular weight is 471 g/mol. The van der Waals surface area contributed by atoms with E-state index in [1.54, 1.807) is 18.0 Å². The summed E-state index contributed by atoms with van der Waals surface area (Å²) in [4.78, 5) is 8.78. The molecule has 2 aromatic rings. The second kappa shape index (κ2) is 12.8. The molecule has 0 aliphatic rings. The molecule has 0 atom stereocenters. The summed E-state index contributed by atoms with van der Waals surface area (Å²) < 4.78 is 53.3. The summed E-state index contributed by atoms with van der Waals surface area (Å²) in [6.07, 6.45) is -4.51. The molecule has 0 aromatic heterocycles. The first-order valence-corrected chi connectivity index (χ1v) is 9.90. The molecule has 0 fully saturated rings. The zero-order chi connectivity index (χ0) is 25.2. The Labute approximate surface area is 190 Å². The van der Waals surface area contributed by atoms with E-state index < -0.39 is 23.4 Å². The van der Waals surface area contributed by atoms with Crippen LogP contribution >= 0.6 is 0 Å².